The molecule has 1 heterocycles. The van der Waals surface area contributed by atoms with Crippen LogP contribution in [0, 0.1) is 5.92 Å². The third kappa shape index (κ3) is 3.73. The molecule has 0 fully saturated rings. The van der Waals surface area contributed by atoms with Crippen LogP contribution in [0.1, 0.15) is 40.0 Å². The van der Waals surface area contributed by atoms with Crippen molar-refractivity contribution in [3.05, 3.63) is 70.4 Å². The molecule has 1 aliphatic carbocycles. The van der Waals surface area contributed by atoms with Crippen LogP contribution in [0.4, 0.5) is 13.2 Å². The van der Waals surface area contributed by atoms with Gasteiger partial charge in [0.2, 0.25) is 0 Å². The summed E-state index contributed by atoms with van der Waals surface area (Å²) in [5, 5.41) is 3.02. The lowest BCUT2D eigenvalue weighted by molar-refractivity contribution is -0.115. The van der Waals surface area contributed by atoms with Gasteiger partial charge in [0, 0.05) is 29.2 Å². The second-order valence-corrected chi connectivity index (χ2v) is 6.68. The number of hydrogen-bond acceptors (Lipinski definition) is 2. The Hall–Kier alpha value is -2.30. The number of rotatable bonds is 7. The molecule has 1 N–H and O–H groups in total. The fourth-order valence-corrected chi connectivity index (χ4v) is 3.87. The van der Waals surface area contributed by atoms with Crippen LogP contribution >= 0.6 is 0 Å². The van der Waals surface area contributed by atoms with Gasteiger partial charge in [0.05, 0.1) is 5.70 Å². The van der Waals surface area contributed by atoms with Crippen molar-refractivity contribution in [1.82, 2.24) is 5.32 Å². The van der Waals surface area contributed by atoms with Gasteiger partial charge in [-0.25, -0.2) is 13.2 Å². The van der Waals surface area contributed by atoms with Gasteiger partial charge in [0.1, 0.15) is 18.7 Å². The zero-order valence-electron chi connectivity index (χ0n) is 16.1. The lowest BCUT2D eigenvalue weighted by Gasteiger charge is -2.33. The first-order valence-electron chi connectivity index (χ1n) is 9.15. The Balaban J connectivity index is 2.87. The lowest BCUT2D eigenvalue weighted by atomic mass is 9.75. The molecule has 2 atom stereocenters. The molecule has 0 saturated carbocycles. The number of halogens is 3. The third-order valence-electron chi connectivity index (χ3n) is 5.09. The van der Waals surface area contributed by atoms with Crippen LogP contribution in [0.5, 0.6) is 0 Å². The van der Waals surface area contributed by atoms with E-state index in [4.69, 9.17) is 0 Å². The standard InChI is InChI=1S/C22H26F3NO/c1-6-14(20(13(5)24)15(25)7-2)21-19-12(4)9-10-16(19)26-17(11-23)22(21)18(27)8-3/h6-7,13,21,26H,1,4,8-11H2,2-3,5H3/b15-7+,20-14+/t13?,21-/m1/s1. The Morgan fingerprint density at radius 1 is 1.41 bits per heavy atom. The molecular formula is C22H26F3NO. The quantitative estimate of drug-likeness (QED) is 0.574. The van der Waals surface area contributed by atoms with Gasteiger partial charge >= 0.3 is 0 Å². The van der Waals surface area contributed by atoms with Crippen LogP contribution in [0.15, 0.2) is 70.4 Å². The van der Waals surface area contributed by atoms with Gasteiger partial charge in [-0.1, -0.05) is 32.2 Å². The highest BCUT2D eigenvalue weighted by molar-refractivity contribution is 5.98. The van der Waals surface area contributed by atoms with Crippen LogP contribution in [0.25, 0.3) is 0 Å². The number of hydrogen-bond donors (Lipinski definition) is 1. The molecule has 2 rings (SSSR count). The molecule has 0 aromatic rings. The Bertz CT molecular complexity index is 796. The van der Waals surface area contributed by atoms with Gasteiger partial charge in [-0.2, -0.15) is 0 Å². The molecule has 2 aliphatic rings. The van der Waals surface area contributed by atoms with Crippen molar-refractivity contribution in [2.24, 2.45) is 5.92 Å². The zero-order valence-corrected chi connectivity index (χ0v) is 16.1. The minimum atomic E-state index is -1.62. The Morgan fingerprint density at radius 2 is 2.07 bits per heavy atom. The molecule has 0 aromatic heterocycles. The van der Waals surface area contributed by atoms with Crippen LogP contribution in [-0.2, 0) is 4.79 Å². The number of Topliss-reactive ketones (excluding diaryl/α,β-unsaturated/α-hetero) is 1. The largest absolute Gasteiger partial charge is 0.359 e. The summed E-state index contributed by atoms with van der Waals surface area (Å²) in [6.45, 7) is 11.3. The number of dihydropyridines is 1. The van der Waals surface area contributed by atoms with Crippen molar-refractivity contribution >= 4 is 5.78 Å². The highest BCUT2D eigenvalue weighted by Crippen LogP contribution is 2.47. The summed E-state index contributed by atoms with van der Waals surface area (Å²) in [6.07, 6.45) is 2.37. The summed E-state index contributed by atoms with van der Waals surface area (Å²) in [5.41, 5.74) is 2.72. The van der Waals surface area contributed by atoms with E-state index in [0.29, 0.717) is 12.8 Å². The number of ketones is 1. The van der Waals surface area contributed by atoms with E-state index in [1.54, 1.807) is 6.92 Å². The second kappa shape index (κ2) is 8.59. The molecule has 0 bridgehead atoms. The maximum absolute atomic E-state index is 14.6. The molecule has 0 spiro atoms. The van der Waals surface area contributed by atoms with E-state index in [2.05, 4.69) is 18.5 Å². The van der Waals surface area contributed by atoms with E-state index < -0.39 is 24.6 Å². The smallest absolute Gasteiger partial charge is 0.161 e. The van der Waals surface area contributed by atoms with E-state index >= 15 is 0 Å². The van der Waals surface area contributed by atoms with Crippen LogP contribution in [-0.4, -0.2) is 18.6 Å². The first-order chi connectivity index (χ1) is 12.8. The minimum Gasteiger partial charge on any atom is -0.359 e. The minimum absolute atomic E-state index is 0.156. The maximum Gasteiger partial charge on any atom is 0.161 e. The van der Waals surface area contributed by atoms with Crippen molar-refractivity contribution in [3.8, 4) is 0 Å². The number of alkyl halides is 2. The van der Waals surface area contributed by atoms with Gasteiger partial charge < -0.3 is 5.32 Å². The predicted molar refractivity (Wildman–Crippen MR) is 103 cm³/mol. The molecule has 1 aliphatic heterocycles. The average Bonchev–Trinajstić information content (AvgIpc) is 3.03. The topological polar surface area (TPSA) is 29.1 Å². The first-order valence-corrected chi connectivity index (χ1v) is 9.15. The highest BCUT2D eigenvalue weighted by Gasteiger charge is 2.39. The number of carbonyl (C=O) groups excluding carboxylic acids is 1. The van der Waals surface area contributed by atoms with Crippen LogP contribution in [0.3, 0.4) is 0 Å². The van der Waals surface area contributed by atoms with Crippen molar-refractivity contribution in [2.75, 3.05) is 6.67 Å². The van der Waals surface area contributed by atoms with Gasteiger partial charge in [0.25, 0.3) is 0 Å². The number of nitrogens with one attached hydrogen (secondary N) is 1. The predicted octanol–water partition coefficient (Wildman–Crippen LogP) is 5.73. The summed E-state index contributed by atoms with van der Waals surface area (Å²) in [5.74, 6) is -1.75. The van der Waals surface area contributed by atoms with Crippen LogP contribution in [0.2, 0.25) is 0 Å². The van der Waals surface area contributed by atoms with E-state index in [1.165, 1.54) is 26.0 Å². The fraction of sp³-hybridized carbons (Fsp3) is 0.409. The lowest BCUT2D eigenvalue weighted by Crippen LogP contribution is -2.32. The molecule has 5 heteroatoms. The summed E-state index contributed by atoms with van der Waals surface area (Å²) >= 11 is 0. The Morgan fingerprint density at radius 3 is 2.56 bits per heavy atom. The maximum atomic E-state index is 14.6. The van der Waals surface area contributed by atoms with Gasteiger partial charge in [0.15, 0.2) is 5.78 Å². The molecule has 0 amide bonds. The third-order valence-corrected chi connectivity index (χ3v) is 5.09. The summed E-state index contributed by atoms with van der Waals surface area (Å²) < 4.78 is 42.8. The van der Waals surface area contributed by atoms with E-state index in [-0.39, 0.29) is 34.6 Å². The summed E-state index contributed by atoms with van der Waals surface area (Å²) in [6, 6.07) is 0. The molecule has 1 unspecified atom stereocenters. The Kier molecular flexibility index (Phi) is 6.68. The SMILES string of the molecule is C=C/C(=C(\C(F)=C/C)C(C)F)[C@@H]1C2=C(CCC2=C)NC(CF)=C1C(=O)CC. The van der Waals surface area contributed by atoms with Crippen molar-refractivity contribution in [3.63, 3.8) is 0 Å². The average molecular weight is 377 g/mol. The molecule has 146 valence electrons. The highest BCUT2D eigenvalue weighted by atomic mass is 19.1. The van der Waals surface area contributed by atoms with E-state index in [0.717, 1.165) is 16.8 Å². The van der Waals surface area contributed by atoms with Crippen molar-refractivity contribution in [2.45, 2.75) is 46.2 Å². The number of allylic oxidation sites excluding steroid dienone is 10. The second-order valence-electron chi connectivity index (χ2n) is 6.68. The summed E-state index contributed by atoms with van der Waals surface area (Å²) in [4.78, 5) is 12.7. The zero-order chi connectivity index (χ0) is 20.3. The van der Waals surface area contributed by atoms with Gasteiger partial charge in [-0.15, -0.1) is 0 Å². The van der Waals surface area contributed by atoms with Crippen molar-refractivity contribution < 1.29 is 18.0 Å². The summed E-state index contributed by atoms with van der Waals surface area (Å²) in [7, 11) is 0. The molecule has 0 radical (unpaired) electrons. The van der Waals surface area contributed by atoms with Crippen molar-refractivity contribution in [1.29, 1.82) is 0 Å². The number of carbonyl (C=O) groups is 1. The fourth-order valence-electron chi connectivity index (χ4n) is 3.87. The monoisotopic (exact) mass is 377 g/mol. The van der Waals surface area contributed by atoms with E-state index in [1.807, 2.05) is 0 Å². The molecule has 0 aromatic carbocycles. The first kappa shape index (κ1) is 21.0. The van der Waals surface area contributed by atoms with Gasteiger partial charge in [-0.05, 0) is 43.4 Å². The van der Waals surface area contributed by atoms with Gasteiger partial charge in [-0.3, -0.25) is 4.79 Å². The molecule has 2 nitrogen and oxygen atoms in total. The normalized spacial score (nSPS) is 22.4. The molecule has 27 heavy (non-hydrogen) atoms. The molecular weight excluding hydrogens is 351 g/mol. The van der Waals surface area contributed by atoms with Crippen LogP contribution < -0.4 is 5.32 Å². The van der Waals surface area contributed by atoms with E-state index in [9.17, 15) is 18.0 Å². The Labute approximate surface area is 158 Å². The molecule has 0 saturated heterocycles.